The largest absolute Gasteiger partial charge is 0.484 e. The van der Waals surface area contributed by atoms with Crippen molar-refractivity contribution in [3.05, 3.63) is 48.0 Å². The van der Waals surface area contributed by atoms with Gasteiger partial charge in [0.1, 0.15) is 5.75 Å². The summed E-state index contributed by atoms with van der Waals surface area (Å²) in [5.74, 6) is 1.25. The predicted molar refractivity (Wildman–Crippen MR) is 107 cm³/mol. The third-order valence-corrected chi connectivity index (χ3v) is 4.78. The molecule has 26 heavy (non-hydrogen) atoms. The van der Waals surface area contributed by atoms with Crippen LogP contribution in [0.2, 0.25) is 0 Å². The maximum atomic E-state index is 12.4. The highest BCUT2D eigenvalue weighted by molar-refractivity contribution is 5.96. The van der Waals surface area contributed by atoms with Gasteiger partial charge in [-0.25, -0.2) is 0 Å². The lowest BCUT2D eigenvalue weighted by Gasteiger charge is -2.33. The Labute approximate surface area is 155 Å². The van der Waals surface area contributed by atoms with E-state index in [1.165, 1.54) is 0 Å². The summed E-state index contributed by atoms with van der Waals surface area (Å²) in [7, 11) is 0. The van der Waals surface area contributed by atoms with E-state index in [1.54, 1.807) is 0 Å². The maximum Gasteiger partial charge on any atom is 0.262 e. The lowest BCUT2D eigenvalue weighted by Crippen LogP contribution is -2.33. The van der Waals surface area contributed by atoms with Gasteiger partial charge in [-0.15, -0.1) is 0 Å². The van der Waals surface area contributed by atoms with Crippen LogP contribution >= 0.6 is 0 Å². The highest BCUT2D eigenvalue weighted by Crippen LogP contribution is 2.31. The van der Waals surface area contributed by atoms with Gasteiger partial charge in [-0.2, -0.15) is 0 Å². The molecule has 1 fully saturated rings. The molecule has 1 aliphatic heterocycles. The van der Waals surface area contributed by atoms with Gasteiger partial charge < -0.3 is 20.7 Å². The van der Waals surface area contributed by atoms with E-state index in [0.29, 0.717) is 11.4 Å². The second-order valence-corrected chi connectivity index (χ2v) is 7.10. The fourth-order valence-corrected chi connectivity index (χ4v) is 3.22. The average Bonchev–Trinajstić information content (AvgIpc) is 2.61. The highest BCUT2D eigenvalue weighted by Gasteiger charge is 2.19. The first-order valence-electron chi connectivity index (χ1n) is 9.15. The number of hydrogen-bond donors (Lipinski definition) is 2. The molecule has 0 saturated carbocycles. The molecule has 1 heterocycles. The Morgan fingerprint density at radius 1 is 1.23 bits per heavy atom. The van der Waals surface area contributed by atoms with Crippen LogP contribution in [0.15, 0.2) is 42.5 Å². The number of nitrogen functional groups attached to an aromatic ring is 1. The number of carbonyl (C=O) groups is 1. The number of ether oxygens (including phenoxy) is 1. The van der Waals surface area contributed by atoms with Crippen molar-refractivity contribution in [2.24, 2.45) is 5.92 Å². The van der Waals surface area contributed by atoms with E-state index in [2.05, 4.69) is 17.1 Å². The SMILES string of the molecule is Cc1cccc(OCC(=O)Nc2cc(N)ccc2N2CCC(C)CC2)c1. The average molecular weight is 353 g/mol. The molecular formula is C21H27N3O2. The zero-order chi connectivity index (χ0) is 18.5. The molecule has 2 aromatic carbocycles. The molecule has 5 nitrogen and oxygen atoms in total. The van der Waals surface area contributed by atoms with Crippen molar-refractivity contribution in [3.63, 3.8) is 0 Å². The number of anilines is 3. The second kappa shape index (κ2) is 8.13. The molecular weight excluding hydrogens is 326 g/mol. The molecule has 0 aromatic heterocycles. The Balaban J connectivity index is 1.66. The molecule has 0 bridgehead atoms. The molecule has 0 radical (unpaired) electrons. The zero-order valence-electron chi connectivity index (χ0n) is 15.5. The molecule has 1 aliphatic rings. The highest BCUT2D eigenvalue weighted by atomic mass is 16.5. The van der Waals surface area contributed by atoms with Gasteiger partial charge >= 0.3 is 0 Å². The standard InChI is InChI=1S/C21H27N3O2/c1-15-8-10-24(11-9-15)20-7-6-17(22)13-19(20)23-21(25)14-26-18-5-3-4-16(2)12-18/h3-7,12-13,15H,8-11,14,22H2,1-2H3,(H,23,25). The second-order valence-electron chi connectivity index (χ2n) is 7.10. The number of nitrogens with one attached hydrogen (secondary N) is 1. The minimum atomic E-state index is -0.191. The van der Waals surface area contributed by atoms with E-state index < -0.39 is 0 Å². The van der Waals surface area contributed by atoms with Gasteiger partial charge in [0.2, 0.25) is 0 Å². The molecule has 2 aromatic rings. The van der Waals surface area contributed by atoms with Crippen LogP contribution in [0.4, 0.5) is 17.1 Å². The van der Waals surface area contributed by atoms with Crippen LogP contribution in [0, 0.1) is 12.8 Å². The summed E-state index contributed by atoms with van der Waals surface area (Å²) in [5.41, 5.74) is 9.44. The smallest absolute Gasteiger partial charge is 0.262 e. The van der Waals surface area contributed by atoms with Crippen molar-refractivity contribution in [2.75, 3.05) is 35.6 Å². The molecule has 0 atom stereocenters. The van der Waals surface area contributed by atoms with Crippen LogP contribution in [0.3, 0.4) is 0 Å². The third-order valence-electron chi connectivity index (χ3n) is 4.78. The molecule has 0 spiro atoms. The van der Waals surface area contributed by atoms with Crippen LogP contribution in [-0.2, 0) is 4.79 Å². The number of nitrogens with two attached hydrogens (primary N) is 1. The molecule has 3 N–H and O–H groups in total. The Morgan fingerprint density at radius 2 is 2.00 bits per heavy atom. The number of hydrogen-bond acceptors (Lipinski definition) is 4. The van der Waals surface area contributed by atoms with Crippen molar-refractivity contribution in [2.45, 2.75) is 26.7 Å². The van der Waals surface area contributed by atoms with Crippen molar-refractivity contribution in [1.29, 1.82) is 0 Å². The van der Waals surface area contributed by atoms with E-state index in [0.717, 1.165) is 48.8 Å². The number of aryl methyl sites for hydroxylation is 1. The fourth-order valence-electron chi connectivity index (χ4n) is 3.22. The summed E-state index contributed by atoms with van der Waals surface area (Å²) < 4.78 is 5.59. The molecule has 1 saturated heterocycles. The van der Waals surface area contributed by atoms with Gasteiger partial charge in [0.05, 0.1) is 11.4 Å². The zero-order valence-corrected chi connectivity index (χ0v) is 15.5. The number of nitrogens with zero attached hydrogens (tertiary/aromatic N) is 1. The number of rotatable bonds is 5. The summed E-state index contributed by atoms with van der Waals surface area (Å²) in [5, 5.41) is 2.96. The van der Waals surface area contributed by atoms with E-state index in [4.69, 9.17) is 10.5 Å². The number of amides is 1. The first-order valence-corrected chi connectivity index (χ1v) is 9.15. The van der Waals surface area contributed by atoms with E-state index in [-0.39, 0.29) is 12.5 Å². The molecule has 0 aliphatic carbocycles. The maximum absolute atomic E-state index is 12.4. The molecule has 1 amide bonds. The topological polar surface area (TPSA) is 67.6 Å². The normalized spacial score (nSPS) is 14.9. The van der Waals surface area contributed by atoms with Crippen LogP contribution in [0.25, 0.3) is 0 Å². The van der Waals surface area contributed by atoms with Crippen LogP contribution in [-0.4, -0.2) is 25.6 Å². The van der Waals surface area contributed by atoms with Crippen molar-refractivity contribution >= 4 is 23.0 Å². The Kier molecular flexibility index (Phi) is 5.66. The lowest BCUT2D eigenvalue weighted by atomic mass is 9.98. The minimum Gasteiger partial charge on any atom is -0.484 e. The summed E-state index contributed by atoms with van der Waals surface area (Å²) in [6.07, 6.45) is 2.32. The van der Waals surface area contributed by atoms with Gasteiger partial charge in [-0.1, -0.05) is 19.1 Å². The number of piperidine rings is 1. The summed E-state index contributed by atoms with van der Waals surface area (Å²) in [4.78, 5) is 14.7. The molecule has 0 unspecified atom stereocenters. The van der Waals surface area contributed by atoms with E-state index in [1.807, 2.05) is 49.4 Å². The van der Waals surface area contributed by atoms with Crippen molar-refractivity contribution in [1.82, 2.24) is 0 Å². The van der Waals surface area contributed by atoms with E-state index >= 15 is 0 Å². The molecule has 3 rings (SSSR count). The van der Waals surface area contributed by atoms with Crippen molar-refractivity contribution in [3.8, 4) is 5.75 Å². The molecule has 138 valence electrons. The quantitative estimate of drug-likeness (QED) is 0.802. The first kappa shape index (κ1) is 18.1. The predicted octanol–water partition coefficient (Wildman–Crippen LogP) is 3.83. The van der Waals surface area contributed by atoms with Gasteiger partial charge in [-0.3, -0.25) is 4.79 Å². The monoisotopic (exact) mass is 353 g/mol. The fraction of sp³-hybridized carbons (Fsp3) is 0.381. The third kappa shape index (κ3) is 4.69. The van der Waals surface area contributed by atoms with Crippen LogP contribution < -0.4 is 20.7 Å². The van der Waals surface area contributed by atoms with E-state index in [9.17, 15) is 4.79 Å². The van der Waals surface area contributed by atoms with Crippen LogP contribution in [0.5, 0.6) is 5.75 Å². The van der Waals surface area contributed by atoms with Crippen LogP contribution in [0.1, 0.15) is 25.3 Å². The Bertz CT molecular complexity index is 768. The van der Waals surface area contributed by atoms with Gasteiger partial charge in [0, 0.05) is 18.8 Å². The van der Waals surface area contributed by atoms with Gasteiger partial charge in [-0.05, 0) is 61.6 Å². The Morgan fingerprint density at radius 3 is 2.73 bits per heavy atom. The summed E-state index contributed by atoms with van der Waals surface area (Å²) in [6, 6.07) is 13.4. The molecule has 5 heteroatoms. The summed E-state index contributed by atoms with van der Waals surface area (Å²) in [6.45, 7) is 6.23. The van der Waals surface area contributed by atoms with Gasteiger partial charge in [0.25, 0.3) is 5.91 Å². The van der Waals surface area contributed by atoms with Gasteiger partial charge in [0.15, 0.2) is 6.61 Å². The number of benzene rings is 2. The lowest BCUT2D eigenvalue weighted by molar-refractivity contribution is -0.118. The Hall–Kier alpha value is -2.69. The number of carbonyl (C=O) groups excluding carboxylic acids is 1. The summed E-state index contributed by atoms with van der Waals surface area (Å²) >= 11 is 0. The van der Waals surface area contributed by atoms with Crippen molar-refractivity contribution < 1.29 is 9.53 Å². The first-order chi connectivity index (χ1) is 12.5. The minimum absolute atomic E-state index is 0.0330.